The van der Waals surface area contributed by atoms with Gasteiger partial charge in [-0.25, -0.2) is 4.98 Å². The van der Waals surface area contributed by atoms with Crippen molar-refractivity contribution in [1.82, 2.24) is 9.97 Å². The smallest absolute Gasteiger partial charge is 0.287 e. The van der Waals surface area contributed by atoms with Crippen molar-refractivity contribution in [2.24, 2.45) is 0 Å². The molecule has 0 fully saturated rings. The molecule has 19 heavy (non-hydrogen) atoms. The highest BCUT2D eigenvalue weighted by molar-refractivity contribution is 5.42. The van der Waals surface area contributed by atoms with E-state index in [2.05, 4.69) is 9.97 Å². The van der Waals surface area contributed by atoms with Crippen molar-refractivity contribution < 1.29 is 4.92 Å². The number of anilines is 1. The molecule has 0 N–H and O–H groups in total. The Balaban J connectivity index is 1.96. The van der Waals surface area contributed by atoms with Gasteiger partial charge in [-0.2, -0.15) is 0 Å². The van der Waals surface area contributed by atoms with Crippen LogP contribution in [0.5, 0.6) is 0 Å². The molecule has 0 saturated carbocycles. The fourth-order valence-electron chi connectivity index (χ4n) is 1.67. The first-order valence-corrected chi connectivity index (χ1v) is 5.87. The van der Waals surface area contributed by atoms with Crippen LogP contribution in [0.15, 0.2) is 42.9 Å². The van der Waals surface area contributed by atoms with Gasteiger partial charge in [0.15, 0.2) is 0 Å². The Labute approximate surface area is 110 Å². The number of pyridine rings is 2. The van der Waals surface area contributed by atoms with Crippen molar-refractivity contribution in [3.05, 3.63) is 58.5 Å². The van der Waals surface area contributed by atoms with E-state index < -0.39 is 4.92 Å². The average molecular weight is 258 g/mol. The van der Waals surface area contributed by atoms with Crippen molar-refractivity contribution >= 4 is 11.5 Å². The van der Waals surface area contributed by atoms with Gasteiger partial charge in [-0.1, -0.05) is 0 Å². The van der Waals surface area contributed by atoms with E-state index >= 15 is 0 Å². The van der Waals surface area contributed by atoms with E-state index in [4.69, 9.17) is 0 Å². The zero-order valence-electron chi connectivity index (χ0n) is 10.6. The van der Waals surface area contributed by atoms with Gasteiger partial charge in [0.1, 0.15) is 12.0 Å². The third-order valence-corrected chi connectivity index (χ3v) is 2.82. The summed E-state index contributed by atoms with van der Waals surface area (Å²) in [7, 11) is 1.91. The quantitative estimate of drug-likeness (QED) is 0.606. The molecule has 0 bridgehead atoms. The molecular weight excluding hydrogens is 244 g/mol. The second-order valence-corrected chi connectivity index (χ2v) is 4.16. The fraction of sp³-hybridized carbons (Fsp3) is 0.231. The van der Waals surface area contributed by atoms with E-state index in [0.29, 0.717) is 0 Å². The van der Waals surface area contributed by atoms with Gasteiger partial charge < -0.3 is 4.90 Å². The molecule has 0 unspecified atom stereocenters. The molecule has 2 heterocycles. The summed E-state index contributed by atoms with van der Waals surface area (Å²) in [5.74, 6) is 0.722. The van der Waals surface area contributed by atoms with Crippen LogP contribution < -0.4 is 4.90 Å². The van der Waals surface area contributed by atoms with Crippen LogP contribution in [0.3, 0.4) is 0 Å². The molecule has 0 atom stereocenters. The number of rotatable bonds is 5. The van der Waals surface area contributed by atoms with Crippen molar-refractivity contribution in [3.8, 4) is 0 Å². The Morgan fingerprint density at radius 3 is 2.58 bits per heavy atom. The first kappa shape index (κ1) is 12.9. The molecule has 0 amide bonds. The fourth-order valence-corrected chi connectivity index (χ4v) is 1.67. The maximum atomic E-state index is 10.5. The van der Waals surface area contributed by atoms with Gasteiger partial charge in [-0.15, -0.1) is 0 Å². The zero-order valence-corrected chi connectivity index (χ0v) is 10.6. The number of aromatic nitrogens is 2. The minimum Gasteiger partial charge on any atom is -0.359 e. The first-order chi connectivity index (χ1) is 9.16. The zero-order chi connectivity index (χ0) is 13.7. The lowest BCUT2D eigenvalue weighted by atomic mass is 10.2. The molecule has 0 radical (unpaired) electrons. The van der Waals surface area contributed by atoms with Crippen LogP contribution in [0.1, 0.15) is 5.56 Å². The molecule has 2 aromatic rings. The van der Waals surface area contributed by atoms with Crippen molar-refractivity contribution in [2.75, 3.05) is 18.5 Å². The van der Waals surface area contributed by atoms with Crippen LogP contribution in [-0.4, -0.2) is 28.5 Å². The van der Waals surface area contributed by atoms with Crippen molar-refractivity contribution in [3.63, 3.8) is 0 Å². The number of likely N-dealkylation sites (N-methyl/N-ethyl adjacent to an activating group) is 1. The molecule has 0 aliphatic carbocycles. The average Bonchev–Trinajstić information content (AvgIpc) is 2.46. The highest BCUT2D eigenvalue weighted by Gasteiger charge is 2.07. The van der Waals surface area contributed by atoms with Crippen LogP contribution >= 0.6 is 0 Å². The number of nitrogens with zero attached hydrogens (tertiary/aromatic N) is 4. The SMILES string of the molecule is CN(CCc1ccncc1)c1ccc([N+](=O)[O-])cn1. The Morgan fingerprint density at radius 1 is 1.26 bits per heavy atom. The third-order valence-electron chi connectivity index (χ3n) is 2.82. The highest BCUT2D eigenvalue weighted by Crippen LogP contribution is 2.14. The molecule has 2 rings (SSSR count). The summed E-state index contributed by atoms with van der Waals surface area (Å²) in [5.41, 5.74) is 1.20. The van der Waals surface area contributed by atoms with E-state index in [1.807, 2.05) is 24.1 Å². The monoisotopic (exact) mass is 258 g/mol. The summed E-state index contributed by atoms with van der Waals surface area (Å²) >= 11 is 0. The summed E-state index contributed by atoms with van der Waals surface area (Å²) in [4.78, 5) is 20.1. The van der Waals surface area contributed by atoms with Gasteiger partial charge in [0.05, 0.1) is 4.92 Å². The molecule has 98 valence electrons. The molecular formula is C13H14N4O2. The standard InChI is InChI=1S/C13H14N4O2/c1-16(9-6-11-4-7-14-8-5-11)13-3-2-12(10-15-13)17(18)19/h2-5,7-8,10H,6,9H2,1H3. The number of nitro groups is 1. The summed E-state index contributed by atoms with van der Waals surface area (Å²) < 4.78 is 0. The summed E-state index contributed by atoms with van der Waals surface area (Å²) in [6.07, 6.45) is 5.68. The molecule has 2 aromatic heterocycles. The summed E-state index contributed by atoms with van der Waals surface area (Å²) in [6, 6.07) is 7.06. The molecule has 6 nitrogen and oxygen atoms in total. The lowest BCUT2D eigenvalue weighted by Gasteiger charge is -2.17. The topological polar surface area (TPSA) is 72.2 Å². The normalized spacial score (nSPS) is 10.2. The summed E-state index contributed by atoms with van der Waals surface area (Å²) in [5, 5.41) is 10.5. The summed E-state index contributed by atoms with van der Waals surface area (Å²) in [6.45, 7) is 0.787. The largest absolute Gasteiger partial charge is 0.359 e. The molecule has 0 aliphatic heterocycles. The van der Waals surface area contributed by atoms with Crippen LogP contribution in [0.4, 0.5) is 11.5 Å². The van der Waals surface area contributed by atoms with E-state index in [1.165, 1.54) is 17.8 Å². The molecule has 0 spiro atoms. The van der Waals surface area contributed by atoms with E-state index in [-0.39, 0.29) is 5.69 Å². The first-order valence-electron chi connectivity index (χ1n) is 5.87. The van der Waals surface area contributed by atoms with E-state index in [9.17, 15) is 10.1 Å². The number of hydrogen-bond donors (Lipinski definition) is 0. The minimum absolute atomic E-state index is 0.00582. The van der Waals surface area contributed by atoms with E-state index in [1.54, 1.807) is 18.5 Å². The third kappa shape index (κ3) is 3.48. The minimum atomic E-state index is -0.451. The van der Waals surface area contributed by atoms with E-state index in [0.717, 1.165) is 18.8 Å². The van der Waals surface area contributed by atoms with Gasteiger partial charge >= 0.3 is 0 Å². The number of hydrogen-bond acceptors (Lipinski definition) is 5. The predicted molar refractivity (Wildman–Crippen MR) is 72.1 cm³/mol. The van der Waals surface area contributed by atoms with Gasteiger partial charge in [0.25, 0.3) is 5.69 Å². The molecule has 0 aromatic carbocycles. The van der Waals surface area contributed by atoms with Crippen LogP contribution in [0, 0.1) is 10.1 Å². The second-order valence-electron chi connectivity index (χ2n) is 4.16. The van der Waals surface area contributed by atoms with Crippen molar-refractivity contribution in [1.29, 1.82) is 0 Å². The molecule has 6 heteroatoms. The van der Waals surface area contributed by atoms with Gasteiger partial charge in [0, 0.05) is 32.1 Å². The molecule has 0 aliphatic rings. The lowest BCUT2D eigenvalue weighted by molar-refractivity contribution is -0.385. The maximum Gasteiger partial charge on any atom is 0.287 e. The van der Waals surface area contributed by atoms with Crippen LogP contribution in [-0.2, 0) is 6.42 Å². The Morgan fingerprint density at radius 2 is 2.00 bits per heavy atom. The predicted octanol–water partition coefficient (Wildman–Crippen LogP) is 2.06. The van der Waals surface area contributed by atoms with Crippen LogP contribution in [0.2, 0.25) is 0 Å². The van der Waals surface area contributed by atoms with Crippen LogP contribution in [0.25, 0.3) is 0 Å². The Kier molecular flexibility index (Phi) is 4.02. The van der Waals surface area contributed by atoms with Gasteiger partial charge in [0.2, 0.25) is 0 Å². The second kappa shape index (κ2) is 5.90. The van der Waals surface area contributed by atoms with Gasteiger partial charge in [-0.3, -0.25) is 15.1 Å². The Bertz CT molecular complexity index is 542. The lowest BCUT2D eigenvalue weighted by Crippen LogP contribution is -2.21. The van der Waals surface area contributed by atoms with Crippen molar-refractivity contribution in [2.45, 2.75) is 6.42 Å². The molecule has 0 saturated heterocycles. The Hall–Kier alpha value is -2.50. The highest BCUT2D eigenvalue weighted by atomic mass is 16.6. The van der Waals surface area contributed by atoms with Gasteiger partial charge in [-0.05, 0) is 30.2 Å². The maximum absolute atomic E-state index is 10.5.